The number of nitrogens with zero attached hydrogens (tertiary/aromatic N) is 3. The van der Waals surface area contributed by atoms with Crippen molar-refractivity contribution >= 4 is 17.3 Å². The zero-order valence-electron chi connectivity index (χ0n) is 19.7. The molecule has 0 saturated carbocycles. The zero-order chi connectivity index (χ0) is 23.0. The van der Waals surface area contributed by atoms with Crippen molar-refractivity contribution in [3.63, 3.8) is 0 Å². The number of aryl methyl sites for hydroxylation is 2. The maximum absolute atomic E-state index is 12.4. The van der Waals surface area contributed by atoms with Crippen LogP contribution >= 0.6 is 0 Å². The Kier molecular flexibility index (Phi) is 7.79. The van der Waals surface area contributed by atoms with E-state index in [9.17, 15) is 4.79 Å². The van der Waals surface area contributed by atoms with Crippen LogP contribution in [0.3, 0.4) is 0 Å². The first-order valence-corrected chi connectivity index (χ1v) is 11.9. The van der Waals surface area contributed by atoms with Gasteiger partial charge in [-0.2, -0.15) is 0 Å². The summed E-state index contributed by atoms with van der Waals surface area (Å²) in [5.41, 5.74) is 4.25. The second-order valence-corrected chi connectivity index (χ2v) is 9.01. The van der Waals surface area contributed by atoms with E-state index >= 15 is 0 Å². The number of nitrogens with one attached hydrogen (secondary N) is 1. The molecule has 0 atom stereocenters. The highest BCUT2D eigenvalue weighted by Crippen LogP contribution is 2.25. The molecule has 0 spiro atoms. The average Bonchev–Trinajstić information content (AvgIpc) is 3.24. The van der Waals surface area contributed by atoms with E-state index in [1.165, 1.54) is 11.3 Å². The number of anilines is 2. The van der Waals surface area contributed by atoms with Crippen molar-refractivity contribution in [2.75, 3.05) is 30.4 Å². The Balaban J connectivity index is 1.23. The molecule has 2 aromatic carbocycles. The molecule has 0 unspecified atom stereocenters. The molecule has 2 heterocycles. The van der Waals surface area contributed by atoms with Gasteiger partial charge < -0.3 is 14.7 Å². The summed E-state index contributed by atoms with van der Waals surface area (Å²) < 4.78 is 5.37. The summed E-state index contributed by atoms with van der Waals surface area (Å²) in [5.74, 6) is 0.996. The van der Waals surface area contributed by atoms with E-state index < -0.39 is 0 Å². The van der Waals surface area contributed by atoms with Gasteiger partial charge >= 0.3 is 0 Å². The molecule has 4 rings (SSSR count). The van der Waals surface area contributed by atoms with Crippen LogP contribution in [0.25, 0.3) is 0 Å². The summed E-state index contributed by atoms with van der Waals surface area (Å²) in [4.78, 5) is 17.2. The molecular formula is C27H34N4O2. The maximum atomic E-state index is 12.4. The molecule has 33 heavy (non-hydrogen) atoms. The number of carbonyl (C=O) groups excluding carboxylic acids is 1. The lowest BCUT2D eigenvalue weighted by molar-refractivity contribution is -0.116. The number of amides is 1. The topological polar surface area (TPSA) is 61.6 Å². The highest BCUT2D eigenvalue weighted by Gasteiger charge is 2.23. The van der Waals surface area contributed by atoms with Gasteiger partial charge in [0.25, 0.3) is 0 Å². The van der Waals surface area contributed by atoms with Crippen molar-refractivity contribution in [2.24, 2.45) is 0 Å². The first-order chi connectivity index (χ1) is 16.1. The number of piperidine rings is 1. The number of benzene rings is 2. The van der Waals surface area contributed by atoms with E-state index in [0.29, 0.717) is 12.5 Å². The minimum atomic E-state index is 0.0751. The van der Waals surface area contributed by atoms with E-state index in [0.717, 1.165) is 62.5 Å². The zero-order valence-corrected chi connectivity index (χ0v) is 19.7. The molecule has 174 valence electrons. The highest BCUT2D eigenvalue weighted by molar-refractivity contribution is 5.91. The molecule has 1 aliphatic rings. The summed E-state index contributed by atoms with van der Waals surface area (Å²) in [6.45, 7) is 4.74. The second kappa shape index (κ2) is 11.1. The lowest BCUT2D eigenvalue weighted by atomic mass is 10.0. The van der Waals surface area contributed by atoms with Gasteiger partial charge in [0.15, 0.2) is 5.76 Å². The lowest BCUT2D eigenvalue weighted by Gasteiger charge is -2.37. The number of aromatic nitrogens is 1. The number of carbonyl (C=O) groups is 1. The predicted molar refractivity (Wildman–Crippen MR) is 132 cm³/mol. The van der Waals surface area contributed by atoms with Crippen LogP contribution in [0.2, 0.25) is 0 Å². The first-order valence-electron chi connectivity index (χ1n) is 11.9. The Morgan fingerprint density at radius 1 is 1.12 bits per heavy atom. The third-order valence-electron chi connectivity index (χ3n) is 6.38. The summed E-state index contributed by atoms with van der Waals surface area (Å²) in [5, 5.41) is 7.06. The molecule has 3 aromatic rings. The number of hydrogen-bond donors (Lipinski definition) is 1. The SMILES string of the molecule is Cc1cc(CN(C)C2CCN(c3cccc(NC(=O)CCCc4ccccc4)c3)CC2)on1. The fourth-order valence-corrected chi connectivity index (χ4v) is 4.53. The number of rotatable bonds is 9. The Morgan fingerprint density at radius 3 is 2.64 bits per heavy atom. The molecule has 1 N–H and O–H groups in total. The summed E-state index contributed by atoms with van der Waals surface area (Å²) in [6.07, 6.45) is 4.50. The van der Waals surface area contributed by atoms with Gasteiger partial charge in [0.1, 0.15) is 0 Å². The minimum Gasteiger partial charge on any atom is -0.371 e. The Labute approximate surface area is 196 Å². The van der Waals surface area contributed by atoms with Gasteiger partial charge in [-0.15, -0.1) is 0 Å². The Morgan fingerprint density at radius 2 is 1.91 bits per heavy atom. The minimum absolute atomic E-state index is 0.0751. The Hall–Kier alpha value is -3.12. The monoisotopic (exact) mass is 446 g/mol. The van der Waals surface area contributed by atoms with Gasteiger partial charge in [-0.1, -0.05) is 41.6 Å². The first kappa shape index (κ1) is 23.1. The molecule has 1 aliphatic heterocycles. The van der Waals surface area contributed by atoms with Crippen molar-refractivity contribution in [3.05, 3.63) is 77.7 Å². The van der Waals surface area contributed by atoms with Crippen LogP contribution in [0.4, 0.5) is 11.4 Å². The number of hydrogen-bond acceptors (Lipinski definition) is 5. The van der Waals surface area contributed by atoms with Gasteiger partial charge in [0, 0.05) is 43.0 Å². The molecule has 1 aromatic heterocycles. The van der Waals surface area contributed by atoms with Gasteiger partial charge in [0.05, 0.1) is 12.2 Å². The second-order valence-electron chi connectivity index (χ2n) is 9.01. The molecule has 0 bridgehead atoms. The van der Waals surface area contributed by atoms with Crippen molar-refractivity contribution in [1.82, 2.24) is 10.1 Å². The van der Waals surface area contributed by atoms with Crippen LogP contribution in [-0.2, 0) is 17.8 Å². The van der Waals surface area contributed by atoms with Gasteiger partial charge in [-0.3, -0.25) is 9.69 Å². The molecule has 0 aliphatic carbocycles. The molecule has 1 amide bonds. The summed E-state index contributed by atoms with van der Waals surface area (Å²) in [7, 11) is 2.16. The quantitative estimate of drug-likeness (QED) is 0.499. The van der Waals surface area contributed by atoms with Crippen LogP contribution in [0.1, 0.15) is 42.7 Å². The van der Waals surface area contributed by atoms with Gasteiger partial charge in [-0.25, -0.2) is 0 Å². The van der Waals surface area contributed by atoms with Crippen molar-refractivity contribution in [2.45, 2.75) is 51.6 Å². The average molecular weight is 447 g/mol. The van der Waals surface area contributed by atoms with Crippen LogP contribution in [0, 0.1) is 6.92 Å². The van der Waals surface area contributed by atoms with Gasteiger partial charge in [0.2, 0.25) is 5.91 Å². The third kappa shape index (κ3) is 6.68. The van der Waals surface area contributed by atoms with Crippen LogP contribution in [-0.4, -0.2) is 42.1 Å². The van der Waals surface area contributed by atoms with Crippen molar-refractivity contribution in [3.8, 4) is 0 Å². The fourth-order valence-electron chi connectivity index (χ4n) is 4.53. The lowest BCUT2D eigenvalue weighted by Crippen LogP contribution is -2.43. The molecule has 1 fully saturated rings. The largest absolute Gasteiger partial charge is 0.371 e. The smallest absolute Gasteiger partial charge is 0.224 e. The van der Waals surface area contributed by atoms with Gasteiger partial charge in [-0.05, 0) is 63.4 Å². The van der Waals surface area contributed by atoms with E-state index in [2.05, 4.69) is 51.6 Å². The third-order valence-corrected chi connectivity index (χ3v) is 6.38. The van der Waals surface area contributed by atoms with Crippen LogP contribution in [0.5, 0.6) is 0 Å². The molecule has 6 heteroatoms. The summed E-state index contributed by atoms with van der Waals surface area (Å²) >= 11 is 0. The molecular weight excluding hydrogens is 412 g/mol. The van der Waals surface area contributed by atoms with E-state index in [1.54, 1.807) is 0 Å². The van der Waals surface area contributed by atoms with Crippen LogP contribution in [0.15, 0.2) is 65.2 Å². The Bertz CT molecular complexity index is 1030. The van der Waals surface area contributed by atoms with Crippen molar-refractivity contribution < 1.29 is 9.32 Å². The van der Waals surface area contributed by atoms with Crippen molar-refractivity contribution in [1.29, 1.82) is 0 Å². The standard InChI is InChI=1S/C27H34N4O2/c1-21-18-26(33-29-21)20-30(2)24-14-16-31(17-15-24)25-12-7-11-23(19-25)28-27(32)13-6-10-22-8-4-3-5-9-22/h3-5,7-9,11-12,18-19,24H,6,10,13-17,20H2,1-2H3,(H,28,32). The molecule has 6 nitrogen and oxygen atoms in total. The highest BCUT2D eigenvalue weighted by atomic mass is 16.5. The fraction of sp³-hybridized carbons (Fsp3) is 0.407. The van der Waals surface area contributed by atoms with E-state index in [4.69, 9.17) is 4.52 Å². The van der Waals surface area contributed by atoms with Crippen LogP contribution < -0.4 is 10.2 Å². The predicted octanol–water partition coefficient (Wildman–Crippen LogP) is 5.05. The molecule has 1 saturated heterocycles. The normalized spacial score (nSPS) is 14.6. The maximum Gasteiger partial charge on any atom is 0.224 e. The van der Waals surface area contributed by atoms with E-state index in [-0.39, 0.29) is 5.91 Å². The van der Waals surface area contributed by atoms with E-state index in [1.807, 2.05) is 43.3 Å². The summed E-state index contributed by atoms with van der Waals surface area (Å²) in [6, 6.07) is 21.1. The molecule has 0 radical (unpaired) electrons.